The van der Waals surface area contributed by atoms with Crippen LogP contribution in [0.15, 0.2) is 60.7 Å². The van der Waals surface area contributed by atoms with E-state index in [0.29, 0.717) is 19.6 Å². The van der Waals surface area contributed by atoms with Gasteiger partial charge >= 0.3 is 0 Å². The van der Waals surface area contributed by atoms with Crippen molar-refractivity contribution in [2.24, 2.45) is 0 Å². The summed E-state index contributed by atoms with van der Waals surface area (Å²) < 4.78 is 19.3. The van der Waals surface area contributed by atoms with Gasteiger partial charge in [-0.05, 0) is 74.0 Å². The first-order valence-corrected chi connectivity index (χ1v) is 12.0. The van der Waals surface area contributed by atoms with Gasteiger partial charge in [0.05, 0.1) is 5.69 Å². The first-order chi connectivity index (χ1) is 16.8. The van der Waals surface area contributed by atoms with Crippen LogP contribution >= 0.6 is 0 Å². The van der Waals surface area contributed by atoms with Gasteiger partial charge in [-0.2, -0.15) is 5.10 Å². The summed E-state index contributed by atoms with van der Waals surface area (Å²) in [5.41, 5.74) is 3.93. The molecule has 1 fully saturated rings. The van der Waals surface area contributed by atoms with Crippen LogP contribution in [0.3, 0.4) is 0 Å². The number of rotatable bonds is 7. The van der Waals surface area contributed by atoms with Gasteiger partial charge in [0, 0.05) is 18.5 Å². The van der Waals surface area contributed by atoms with Crippen molar-refractivity contribution in [3.63, 3.8) is 0 Å². The molecule has 0 saturated carbocycles. The van der Waals surface area contributed by atoms with E-state index in [2.05, 4.69) is 17.0 Å². The van der Waals surface area contributed by atoms with Crippen LogP contribution in [-0.4, -0.2) is 59.0 Å². The first-order valence-electron chi connectivity index (χ1n) is 12.0. The van der Waals surface area contributed by atoms with E-state index < -0.39 is 0 Å². The van der Waals surface area contributed by atoms with E-state index in [9.17, 15) is 0 Å². The van der Waals surface area contributed by atoms with Crippen LogP contribution in [0.2, 0.25) is 0 Å². The van der Waals surface area contributed by atoms with Crippen molar-refractivity contribution in [2.45, 2.75) is 19.3 Å². The smallest absolute Gasteiger partial charge is 0.162 e. The summed E-state index contributed by atoms with van der Waals surface area (Å²) in [6.45, 7) is 5.23. The number of hydrogen-bond donors (Lipinski definition) is 0. The zero-order chi connectivity index (χ0) is 22.7. The van der Waals surface area contributed by atoms with Crippen molar-refractivity contribution >= 4 is 5.65 Å². The molecule has 0 radical (unpaired) electrons. The molecule has 4 aromatic rings. The normalized spacial score (nSPS) is 15.6. The topological polar surface area (TPSA) is 61.1 Å². The Morgan fingerprint density at radius 1 is 0.882 bits per heavy atom. The Morgan fingerprint density at radius 3 is 2.65 bits per heavy atom. The summed E-state index contributed by atoms with van der Waals surface area (Å²) in [5, 5.41) is 4.83. The molecule has 0 aliphatic carbocycles. The molecule has 174 valence electrons. The van der Waals surface area contributed by atoms with Crippen molar-refractivity contribution in [1.29, 1.82) is 0 Å². The van der Waals surface area contributed by atoms with Crippen LogP contribution in [0.25, 0.3) is 16.9 Å². The highest BCUT2D eigenvalue weighted by atomic mass is 16.6. The van der Waals surface area contributed by atoms with Gasteiger partial charge in [-0.1, -0.05) is 18.2 Å². The highest BCUT2D eigenvalue weighted by molar-refractivity contribution is 5.66. The minimum Gasteiger partial charge on any atom is -0.492 e. The van der Waals surface area contributed by atoms with Gasteiger partial charge in [0.2, 0.25) is 0 Å². The summed E-state index contributed by atoms with van der Waals surface area (Å²) in [7, 11) is 0. The minimum absolute atomic E-state index is 0.565. The van der Waals surface area contributed by atoms with E-state index in [0.717, 1.165) is 58.7 Å². The van der Waals surface area contributed by atoms with Crippen LogP contribution < -0.4 is 14.2 Å². The van der Waals surface area contributed by atoms with Gasteiger partial charge in [-0.25, -0.2) is 9.50 Å². The van der Waals surface area contributed by atoms with E-state index in [4.69, 9.17) is 24.3 Å². The molecule has 0 spiro atoms. The van der Waals surface area contributed by atoms with Gasteiger partial charge < -0.3 is 14.2 Å². The molecule has 1 saturated heterocycles. The number of nitrogens with zero attached hydrogens (tertiary/aromatic N) is 4. The number of ether oxygens (including phenoxy) is 3. The molecule has 34 heavy (non-hydrogen) atoms. The quantitative estimate of drug-likeness (QED) is 0.415. The van der Waals surface area contributed by atoms with Gasteiger partial charge in [-0.15, -0.1) is 0 Å². The predicted octanol–water partition coefficient (Wildman–Crippen LogP) is 4.23. The second-order valence-corrected chi connectivity index (χ2v) is 8.79. The minimum atomic E-state index is 0.565. The Balaban J connectivity index is 1.20. The zero-order valence-electron chi connectivity index (χ0n) is 19.2. The first kappa shape index (κ1) is 21.0. The van der Waals surface area contributed by atoms with Gasteiger partial charge in [0.15, 0.2) is 23.0 Å². The molecule has 0 atom stereocenters. The molecule has 2 aromatic carbocycles. The number of pyridine rings is 1. The molecule has 0 N–H and O–H groups in total. The van der Waals surface area contributed by atoms with Crippen LogP contribution in [0.5, 0.6) is 17.2 Å². The average Bonchev–Trinajstić information content (AvgIpc) is 3.53. The van der Waals surface area contributed by atoms with E-state index in [-0.39, 0.29) is 0 Å². The summed E-state index contributed by atoms with van der Waals surface area (Å²) >= 11 is 0. The summed E-state index contributed by atoms with van der Waals surface area (Å²) in [6, 6.07) is 20.3. The Kier molecular flexibility index (Phi) is 5.77. The third kappa shape index (κ3) is 4.43. The van der Waals surface area contributed by atoms with Crippen molar-refractivity contribution in [3.05, 3.63) is 72.1 Å². The van der Waals surface area contributed by atoms with Crippen LogP contribution in [0.4, 0.5) is 0 Å². The summed E-state index contributed by atoms with van der Waals surface area (Å²) in [4.78, 5) is 7.24. The van der Waals surface area contributed by atoms with Crippen LogP contribution in [0.1, 0.15) is 24.2 Å². The molecule has 0 unspecified atom stereocenters. The molecule has 0 amide bonds. The molecule has 6 rings (SSSR count). The molecule has 4 heterocycles. The lowest BCUT2D eigenvalue weighted by Crippen LogP contribution is -2.25. The lowest BCUT2D eigenvalue weighted by Gasteiger charge is -2.19. The van der Waals surface area contributed by atoms with E-state index in [1.165, 1.54) is 25.9 Å². The fraction of sp³-hybridized carbons (Fsp3) is 0.333. The zero-order valence-corrected chi connectivity index (χ0v) is 19.2. The molecule has 7 nitrogen and oxygen atoms in total. The highest BCUT2D eigenvalue weighted by Crippen LogP contribution is 2.34. The second kappa shape index (κ2) is 9.35. The monoisotopic (exact) mass is 456 g/mol. The van der Waals surface area contributed by atoms with Crippen LogP contribution in [0, 0.1) is 0 Å². The largest absolute Gasteiger partial charge is 0.492 e. The standard InChI is InChI=1S/C27H28N4O3/c1-2-12-30(11-1)13-14-32-22-6-3-5-20(17-22)18-26-28-27-8-4-7-23(31(27)29-26)21-9-10-24-25(19-21)34-16-15-33-24/h3-10,17,19H,1-2,11-16,18H2. The number of fused-ring (bicyclic) bond motifs is 2. The maximum Gasteiger partial charge on any atom is 0.162 e. The molecule has 0 bridgehead atoms. The Labute approximate surface area is 198 Å². The van der Waals surface area contributed by atoms with Gasteiger partial charge in [0.25, 0.3) is 0 Å². The fourth-order valence-corrected chi connectivity index (χ4v) is 4.67. The molecule has 2 aromatic heterocycles. The van der Waals surface area contributed by atoms with Crippen molar-refractivity contribution in [3.8, 4) is 28.5 Å². The third-order valence-corrected chi connectivity index (χ3v) is 6.38. The predicted molar refractivity (Wildman–Crippen MR) is 130 cm³/mol. The lowest BCUT2D eigenvalue weighted by atomic mass is 10.1. The van der Waals surface area contributed by atoms with Crippen molar-refractivity contribution in [2.75, 3.05) is 39.5 Å². The van der Waals surface area contributed by atoms with E-state index in [1.807, 2.05) is 53.0 Å². The van der Waals surface area contributed by atoms with E-state index >= 15 is 0 Å². The Hall–Kier alpha value is -3.58. The molecule has 7 heteroatoms. The second-order valence-electron chi connectivity index (χ2n) is 8.79. The van der Waals surface area contributed by atoms with Gasteiger partial charge in [-0.3, -0.25) is 4.90 Å². The Bertz CT molecular complexity index is 1300. The highest BCUT2D eigenvalue weighted by Gasteiger charge is 2.15. The van der Waals surface area contributed by atoms with Crippen molar-refractivity contribution in [1.82, 2.24) is 19.5 Å². The van der Waals surface area contributed by atoms with Crippen LogP contribution in [-0.2, 0) is 6.42 Å². The Morgan fingerprint density at radius 2 is 1.74 bits per heavy atom. The number of aromatic nitrogens is 3. The third-order valence-electron chi connectivity index (χ3n) is 6.38. The SMILES string of the molecule is c1cc(Cc2nc3cccc(-c4ccc5c(c4)OCCO5)n3n2)cc(OCCN2CCCC2)c1. The molecular weight excluding hydrogens is 428 g/mol. The number of benzene rings is 2. The maximum absolute atomic E-state index is 6.02. The molecule has 2 aliphatic rings. The van der Waals surface area contributed by atoms with E-state index in [1.54, 1.807) is 0 Å². The van der Waals surface area contributed by atoms with Crippen molar-refractivity contribution < 1.29 is 14.2 Å². The summed E-state index contributed by atoms with van der Waals surface area (Å²) in [5.74, 6) is 3.23. The average molecular weight is 457 g/mol. The lowest BCUT2D eigenvalue weighted by molar-refractivity contribution is 0.171. The molecule has 2 aliphatic heterocycles. The van der Waals surface area contributed by atoms with Gasteiger partial charge in [0.1, 0.15) is 25.6 Å². The molecular formula is C27H28N4O3. The fourth-order valence-electron chi connectivity index (χ4n) is 4.67. The maximum atomic E-state index is 6.02. The summed E-state index contributed by atoms with van der Waals surface area (Å²) in [6.07, 6.45) is 3.25. The number of likely N-dealkylation sites (tertiary alicyclic amines) is 1. The number of hydrogen-bond acceptors (Lipinski definition) is 6.